The van der Waals surface area contributed by atoms with E-state index in [2.05, 4.69) is 0 Å². The number of halogens is 3. The van der Waals surface area contributed by atoms with Crippen LogP contribution in [-0.4, -0.2) is 18.6 Å². The number of aryl methyl sites for hydroxylation is 1. The van der Waals surface area contributed by atoms with Crippen molar-refractivity contribution in [1.29, 1.82) is 5.41 Å². The Labute approximate surface area is 103 Å². The highest BCUT2D eigenvalue weighted by atomic mass is 19.4. The van der Waals surface area contributed by atoms with Crippen LogP contribution < -0.4 is 10.5 Å². The zero-order valence-corrected chi connectivity index (χ0v) is 9.92. The second-order valence-corrected chi connectivity index (χ2v) is 3.86. The second kappa shape index (κ2) is 5.75. The number of nitrogens with one attached hydrogen (secondary N) is 1. The molecule has 3 N–H and O–H groups in total. The lowest BCUT2D eigenvalue weighted by molar-refractivity contribution is -0.162. The van der Waals surface area contributed by atoms with E-state index >= 15 is 0 Å². The van der Waals surface area contributed by atoms with E-state index in [1.807, 2.05) is 6.92 Å². The van der Waals surface area contributed by atoms with Crippen molar-refractivity contribution < 1.29 is 17.9 Å². The van der Waals surface area contributed by atoms with Gasteiger partial charge in [0, 0.05) is 0 Å². The molecule has 0 aliphatic rings. The van der Waals surface area contributed by atoms with Gasteiger partial charge in [-0.15, -0.1) is 0 Å². The van der Waals surface area contributed by atoms with Crippen LogP contribution in [0.1, 0.15) is 12.5 Å². The molecule has 0 aromatic heterocycles. The standard InChI is InChI=1S/C12H15F3N2O/c1-2-8-3-5-9(6-4-8)18-7-10(11(16)17)12(13,14)15/h3-6,10H,2,7H2,1H3,(H3,16,17). The number of hydrogen-bond donors (Lipinski definition) is 2. The molecular weight excluding hydrogens is 245 g/mol. The highest BCUT2D eigenvalue weighted by Gasteiger charge is 2.42. The normalized spacial score (nSPS) is 13.1. The smallest absolute Gasteiger partial charge is 0.401 e. The maximum absolute atomic E-state index is 12.5. The fraction of sp³-hybridized carbons (Fsp3) is 0.417. The monoisotopic (exact) mass is 260 g/mol. The summed E-state index contributed by atoms with van der Waals surface area (Å²) in [5.41, 5.74) is 5.99. The number of hydrogen-bond acceptors (Lipinski definition) is 2. The molecule has 18 heavy (non-hydrogen) atoms. The highest BCUT2D eigenvalue weighted by Crippen LogP contribution is 2.27. The molecule has 0 radical (unpaired) electrons. The van der Waals surface area contributed by atoms with Crippen molar-refractivity contribution in [2.24, 2.45) is 11.7 Å². The molecule has 6 heteroatoms. The Hall–Kier alpha value is -1.72. The number of amidine groups is 1. The van der Waals surface area contributed by atoms with Gasteiger partial charge in [0.1, 0.15) is 24.1 Å². The molecular formula is C12H15F3N2O. The highest BCUT2D eigenvalue weighted by molar-refractivity contribution is 5.80. The largest absolute Gasteiger partial charge is 0.492 e. The predicted octanol–water partition coefficient (Wildman–Crippen LogP) is 2.74. The van der Waals surface area contributed by atoms with Gasteiger partial charge in [0.25, 0.3) is 0 Å². The average molecular weight is 260 g/mol. The van der Waals surface area contributed by atoms with E-state index in [1.54, 1.807) is 24.3 Å². The number of rotatable bonds is 5. The van der Waals surface area contributed by atoms with Crippen molar-refractivity contribution in [3.05, 3.63) is 29.8 Å². The first kappa shape index (κ1) is 14.3. The summed E-state index contributed by atoms with van der Waals surface area (Å²) in [6.45, 7) is 1.30. The first-order chi connectivity index (χ1) is 8.34. The zero-order chi connectivity index (χ0) is 13.8. The topological polar surface area (TPSA) is 59.1 Å². The van der Waals surface area contributed by atoms with E-state index in [0.717, 1.165) is 12.0 Å². The molecule has 3 nitrogen and oxygen atoms in total. The van der Waals surface area contributed by atoms with E-state index in [9.17, 15) is 13.2 Å². The molecule has 0 heterocycles. The van der Waals surface area contributed by atoms with Crippen LogP contribution in [0, 0.1) is 11.3 Å². The molecule has 1 aromatic carbocycles. The summed E-state index contributed by atoms with van der Waals surface area (Å²) in [4.78, 5) is 0. The summed E-state index contributed by atoms with van der Waals surface area (Å²) in [6.07, 6.45) is -3.71. The predicted molar refractivity (Wildman–Crippen MR) is 62.8 cm³/mol. The van der Waals surface area contributed by atoms with Gasteiger partial charge in [0.05, 0.1) is 0 Å². The van der Waals surface area contributed by atoms with Crippen molar-refractivity contribution in [1.82, 2.24) is 0 Å². The van der Waals surface area contributed by atoms with Gasteiger partial charge < -0.3 is 10.5 Å². The number of ether oxygens (including phenoxy) is 1. The molecule has 0 fully saturated rings. The molecule has 0 spiro atoms. The van der Waals surface area contributed by atoms with E-state index in [1.165, 1.54) is 0 Å². The lowest BCUT2D eigenvalue weighted by Crippen LogP contribution is -2.39. The molecule has 0 saturated carbocycles. The van der Waals surface area contributed by atoms with Crippen LogP contribution in [0.3, 0.4) is 0 Å². The lowest BCUT2D eigenvalue weighted by Gasteiger charge is -2.19. The fourth-order valence-electron chi connectivity index (χ4n) is 1.36. The number of benzene rings is 1. The molecule has 100 valence electrons. The summed E-state index contributed by atoms with van der Waals surface area (Å²) in [6, 6.07) is 6.77. The van der Waals surface area contributed by atoms with Crippen LogP contribution in [0.5, 0.6) is 5.75 Å². The summed E-state index contributed by atoms with van der Waals surface area (Å²) < 4.78 is 42.5. The summed E-state index contributed by atoms with van der Waals surface area (Å²) in [5, 5.41) is 6.91. The van der Waals surface area contributed by atoms with Gasteiger partial charge in [-0.1, -0.05) is 19.1 Å². The summed E-state index contributed by atoms with van der Waals surface area (Å²) >= 11 is 0. The SMILES string of the molecule is CCc1ccc(OCC(C(=N)N)C(F)(F)F)cc1. The molecule has 1 aromatic rings. The lowest BCUT2D eigenvalue weighted by atomic mass is 10.1. The third-order valence-corrected chi connectivity index (χ3v) is 2.52. The van der Waals surface area contributed by atoms with Gasteiger partial charge in [0.15, 0.2) is 0 Å². The molecule has 1 atom stereocenters. The van der Waals surface area contributed by atoms with Crippen LogP contribution in [0.4, 0.5) is 13.2 Å². The molecule has 0 bridgehead atoms. The Morgan fingerprint density at radius 1 is 1.33 bits per heavy atom. The van der Waals surface area contributed by atoms with Crippen LogP contribution >= 0.6 is 0 Å². The van der Waals surface area contributed by atoms with Gasteiger partial charge in [-0.3, -0.25) is 5.41 Å². The minimum absolute atomic E-state index is 0.336. The van der Waals surface area contributed by atoms with Crippen molar-refractivity contribution >= 4 is 5.84 Å². The van der Waals surface area contributed by atoms with Crippen LogP contribution in [0.15, 0.2) is 24.3 Å². The zero-order valence-electron chi connectivity index (χ0n) is 9.92. The third kappa shape index (κ3) is 3.94. The molecule has 0 aliphatic heterocycles. The van der Waals surface area contributed by atoms with Gasteiger partial charge in [-0.05, 0) is 24.1 Å². The summed E-state index contributed by atoms with van der Waals surface area (Å²) in [5.74, 6) is -2.67. The Kier molecular flexibility index (Phi) is 4.58. The molecule has 0 amide bonds. The van der Waals surface area contributed by atoms with Gasteiger partial charge in [0.2, 0.25) is 0 Å². The maximum atomic E-state index is 12.5. The van der Waals surface area contributed by atoms with E-state index < -0.39 is 24.5 Å². The average Bonchev–Trinajstić information content (AvgIpc) is 2.28. The number of nitrogens with two attached hydrogens (primary N) is 1. The van der Waals surface area contributed by atoms with Crippen molar-refractivity contribution in [2.75, 3.05) is 6.61 Å². The number of alkyl halides is 3. The minimum Gasteiger partial charge on any atom is -0.492 e. The van der Waals surface area contributed by atoms with E-state index in [-0.39, 0.29) is 0 Å². The Bertz CT molecular complexity index is 401. The fourth-order valence-corrected chi connectivity index (χ4v) is 1.36. The van der Waals surface area contributed by atoms with Crippen molar-refractivity contribution in [3.8, 4) is 5.75 Å². The molecule has 1 unspecified atom stereocenters. The van der Waals surface area contributed by atoms with Crippen LogP contribution in [0.2, 0.25) is 0 Å². The minimum atomic E-state index is -4.56. The Balaban J connectivity index is 2.64. The van der Waals surface area contributed by atoms with E-state index in [0.29, 0.717) is 5.75 Å². The van der Waals surface area contributed by atoms with Gasteiger partial charge in [-0.2, -0.15) is 13.2 Å². The third-order valence-electron chi connectivity index (χ3n) is 2.52. The van der Waals surface area contributed by atoms with Crippen molar-refractivity contribution in [3.63, 3.8) is 0 Å². The maximum Gasteiger partial charge on any atom is 0.401 e. The Morgan fingerprint density at radius 3 is 2.28 bits per heavy atom. The van der Waals surface area contributed by atoms with Gasteiger partial charge in [-0.25, -0.2) is 0 Å². The first-order valence-corrected chi connectivity index (χ1v) is 5.47. The quantitative estimate of drug-likeness (QED) is 0.631. The van der Waals surface area contributed by atoms with Crippen LogP contribution in [0.25, 0.3) is 0 Å². The van der Waals surface area contributed by atoms with Gasteiger partial charge >= 0.3 is 6.18 Å². The second-order valence-electron chi connectivity index (χ2n) is 3.86. The molecule has 1 rings (SSSR count). The van der Waals surface area contributed by atoms with Crippen LogP contribution in [-0.2, 0) is 6.42 Å². The summed E-state index contributed by atoms with van der Waals surface area (Å²) in [7, 11) is 0. The molecule has 0 aliphatic carbocycles. The molecule has 0 saturated heterocycles. The first-order valence-electron chi connectivity index (χ1n) is 5.47. The Morgan fingerprint density at radius 2 is 1.89 bits per heavy atom. The van der Waals surface area contributed by atoms with Crippen molar-refractivity contribution in [2.45, 2.75) is 19.5 Å². The van der Waals surface area contributed by atoms with E-state index in [4.69, 9.17) is 15.9 Å².